The molecule has 0 saturated carbocycles. The molecular formula is C25H28N2O7. The van der Waals surface area contributed by atoms with Crippen LogP contribution in [0.15, 0.2) is 54.1 Å². The lowest BCUT2D eigenvalue weighted by Crippen LogP contribution is -2.31. The maximum atomic E-state index is 13.0. The highest BCUT2D eigenvalue weighted by molar-refractivity contribution is 6.46. The van der Waals surface area contributed by atoms with E-state index in [4.69, 9.17) is 9.47 Å². The number of hydrogen-bond donors (Lipinski definition) is 1. The smallest absolute Gasteiger partial charge is 0.295 e. The second-order valence-corrected chi connectivity index (χ2v) is 7.92. The van der Waals surface area contributed by atoms with Gasteiger partial charge in [0.1, 0.15) is 11.5 Å². The number of aliphatic hydroxyl groups is 1. The summed E-state index contributed by atoms with van der Waals surface area (Å²) in [7, 11) is 1.53. The van der Waals surface area contributed by atoms with Crippen LogP contribution in [0.2, 0.25) is 0 Å². The molecule has 0 aromatic heterocycles. The Kier molecular flexibility index (Phi) is 8.37. The Bertz CT molecular complexity index is 1080. The molecular weight excluding hydrogens is 440 g/mol. The molecule has 1 amide bonds. The van der Waals surface area contributed by atoms with Crippen LogP contribution in [0.4, 0.5) is 5.69 Å². The minimum absolute atomic E-state index is 0.109. The van der Waals surface area contributed by atoms with Crippen LogP contribution in [0.5, 0.6) is 5.75 Å². The standard InChI is InChI=1S/C25H28N2O7/c1-3-4-15-34-20-11-9-17(10-12-20)23(28)21-22(18-7-5-8-19(16-18)27(31)32)26(13-6-14-33-2)25(30)24(21)29/h5,7-12,16,22,28H,3-4,6,13-15H2,1-2H3/b23-21+. The third-order valence-corrected chi connectivity index (χ3v) is 5.58. The Labute approximate surface area is 197 Å². The van der Waals surface area contributed by atoms with Gasteiger partial charge in [-0.2, -0.15) is 0 Å². The van der Waals surface area contributed by atoms with Crippen LogP contribution in [0.25, 0.3) is 5.76 Å². The first-order chi connectivity index (χ1) is 16.4. The van der Waals surface area contributed by atoms with Crippen molar-refractivity contribution in [1.29, 1.82) is 0 Å². The van der Waals surface area contributed by atoms with Gasteiger partial charge < -0.3 is 19.5 Å². The number of nitro benzene ring substituents is 1. The highest BCUT2D eigenvalue weighted by Crippen LogP contribution is 2.40. The molecule has 9 nitrogen and oxygen atoms in total. The fourth-order valence-corrected chi connectivity index (χ4v) is 3.84. The summed E-state index contributed by atoms with van der Waals surface area (Å²) in [5, 5.41) is 22.4. The number of aliphatic hydroxyl groups excluding tert-OH is 1. The molecule has 0 aliphatic carbocycles. The summed E-state index contributed by atoms with van der Waals surface area (Å²) >= 11 is 0. The van der Waals surface area contributed by atoms with E-state index in [1.807, 2.05) is 0 Å². The van der Waals surface area contributed by atoms with E-state index in [0.29, 0.717) is 36.5 Å². The molecule has 1 N–H and O–H groups in total. The lowest BCUT2D eigenvalue weighted by molar-refractivity contribution is -0.384. The molecule has 1 heterocycles. The molecule has 1 aliphatic heterocycles. The summed E-state index contributed by atoms with van der Waals surface area (Å²) in [6, 6.07) is 11.4. The molecule has 3 rings (SSSR count). The molecule has 0 radical (unpaired) electrons. The largest absolute Gasteiger partial charge is 0.507 e. The van der Waals surface area contributed by atoms with E-state index in [-0.39, 0.29) is 23.6 Å². The van der Waals surface area contributed by atoms with Crippen molar-refractivity contribution in [2.75, 3.05) is 26.9 Å². The number of Topliss-reactive ketones (excluding diaryl/α,β-unsaturated/α-hetero) is 1. The molecule has 1 fully saturated rings. The topological polar surface area (TPSA) is 119 Å². The number of amides is 1. The highest BCUT2D eigenvalue weighted by Gasteiger charge is 2.46. The van der Waals surface area contributed by atoms with E-state index in [1.54, 1.807) is 30.3 Å². The zero-order valence-electron chi connectivity index (χ0n) is 19.2. The average Bonchev–Trinajstić information content (AvgIpc) is 3.09. The lowest BCUT2D eigenvalue weighted by Gasteiger charge is -2.25. The fourth-order valence-electron chi connectivity index (χ4n) is 3.84. The Morgan fingerprint density at radius 1 is 1.12 bits per heavy atom. The van der Waals surface area contributed by atoms with E-state index < -0.39 is 22.7 Å². The van der Waals surface area contributed by atoms with Gasteiger partial charge in [-0.3, -0.25) is 19.7 Å². The molecule has 1 saturated heterocycles. The number of methoxy groups -OCH3 is 1. The first-order valence-corrected chi connectivity index (χ1v) is 11.1. The zero-order valence-corrected chi connectivity index (χ0v) is 19.2. The SMILES string of the molecule is CCCCOc1ccc(/C(O)=C2\C(=O)C(=O)N(CCCOC)C2c2cccc([N+](=O)[O-])c2)cc1. The molecule has 2 aromatic carbocycles. The zero-order chi connectivity index (χ0) is 24.7. The van der Waals surface area contributed by atoms with Gasteiger partial charge in [-0.15, -0.1) is 0 Å². The maximum absolute atomic E-state index is 13.0. The molecule has 2 aromatic rings. The number of carbonyl (C=O) groups excluding carboxylic acids is 2. The van der Waals surface area contributed by atoms with Crippen molar-refractivity contribution in [3.05, 3.63) is 75.3 Å². The number of carbonyl (C=O) groups is 2. The van der Waals surface area contributed by atoms with Crippen molar-refractivity contribution in [1.82, 2.24) is 4.90 Å². The van der Waals surface area contributed by atoms with Crippen LogP contribution >= 0.6 is 0 Å². The van der Waals surface area contributed by atoms with E-state index >= 15 is 0 Å². The van der Waals surface area contributed by atoms with Gasteiger partial charge in [0.2, 0.25) is 0 Å². The van der Waals surface area contributed by atoms with Crippen LogP contribution < -0.4 is 4.74 Å². The Morgan fingerprint density at radius 3 is 2.50 bits per heavy atom. The number of ketones is 1. The van der Waals surface area contributed by atoms with Gasteiger partial charge in [0, 0.05) is 38.0 Å². The molecule has 1 unspecified atom stereocenters. The van der Waals surface area contributed by atoms with E-state index in [2.05, 4.69) is 6.92 Å². The average molecular weight is 469 g/mol. The Balaban J connectivity index is 2.03. The van der Waals surface area contributed by atoms with Crippen molar-refractivity contribution in [2.24, 2.45) is 0 Å². The first-order valence-electron chi connectivity index (χ1n) is 11.1. The number of hydrogen-bond acceptors (Lipinski definition) is 7. The van der Waals surface area contributed by atoms with Gasteiger partial charge in [0.15, 0.2) is 0 Å². The number of nitrogens with zero attached hydrogens (tertiary/aromatic N) is 2. The van der Waals surface area contributed by atoms with Crippen LogP contribution in [0.1, 0.15) is 43.4 Å². The molecule has 0 bridgehead atoms. The third-order valence-electron chi connectivity index (χ3n) is 5.58. The second-order valence-electron chi connectivity index (χ2n) is 7.92. The summed E-state index contributed by atoms with van der Waals surface area (Å²) in [4.78, 5) is 38.0. The van der Waals surface area contributed by atoms with Crippen molar-refractivity contribution < 1.29 is 29.1 Å². The molecule has 180 valence electrons. The van der Waals surface area contributed by atoms with Crippen LogP contribution in [0.3, 0.4) is 0 Å². The van der Waals surface area contributed by atoms with Crippen LogP contribution in [-0.2, 0) is 14.3 Å². The highest BCUT2D eigenvalue weighted by atomic mass is 16.6. The van der Waals surface area contributed by atoms with E-state index in [0.717, 1.165) is 12.8 Å². The van der Waals surface area contributed by atoms with Crippen LogP contribution in [-0.4, -0.2) is 53.5 Å². The monoisotopic (exact) mass is 468 g/mol. The fraction of sp³-hybridized carbons (Fsp3) is 0.360. The first kappa shape index (κ1) is 24.9. The van der Waals surface area contributed by atoms with Gasteiger partial charge >= 0.3 is 0 Å². The number of benzene rings is 2. The molecule has 1 aliphatic rings. The predicted molar refractivity (Wildman–Crippen MR) is 125 cm³/mol. The molecule has 9 heteroatoms. The number of nitro groups is 1. The molecule has 0 spiro atoms. The normalized spacial score (nSPS) is 17.2. The van der Waals surface area contributed by atoms with Crippen molar-refractivity contribution >= 4 is 23.1 Å². The summed E-state index contributed by atoms with van der Waals surface area (Å²) in [6.07, 6.45) is 2.37. The Hall–Kier alpha value is -3.72. The minimum atomic E-state index is -0.961. The maximum Gasteiger partial charge on any atom is 0.295 e. The van der Waals surface area contributed by atoms with E-state index in [1.165, 1.54) is 30.2 Å². The van der Waals surface area contributed by atoms with Crippen LogP contribution in [0, 0.1) is 10.1 Å². The summed E-state index contributed by atoms with van der Waals surface area (Å²) < 4.78 is 10.7. The molecule has 34 heavy (non-hydrogen) atoms. The Morgan fingerprint density at radius 2 is 1.85 bits per heavy atom. The quantitative estimate of drug-likeness (QED) is 0.131. The number of ether oxygens (including phenoxy) is 2. The predicted octanol–water partition coefficient (Wildman–Crippen LogP) is 4.23. The van der Waals surface area contributed by atoms with E-state index in [9.17, 15) is 24.8 Å². The summed E-state index contributed by atoms with van der Waals surface area (Å²) in [5.74, 6) is -1.33. The van der Waals surface area contributed by atoms with Gasteiger partial charge in [-0.1, -0.05) is 25.5 Å². The summed E-state index contributed by atoms with van der Waals surface area (Å²) in [6.45, 7) is 3.19. The van der Waals surface area contributed by atoms with Gasteiger partial charge in [0.05, 0.1) is 23.1 Å². The van der Waals surface area contributed by atoms with Crippen molar-refractivity contribution in [2.45, 2.75) is 32.2 Å². The number of non-ortho nitro benzene ring substituents is 1. The van der Waals surface area contributed by atoms with Gasteiger partial charge in [-0.05, 0) is 42.7 Å². The molecule has 1 atom stereocenters. The second kappa shape index (κ2) is 11.4. The summed E-state index contributed by atoms with van der Waals surface area (Å²) in [5.41, 5.74) is 0.427. The third kappa shape index (κ3) is 5.43. The number of likely N-dealkylation sites (tertiary alicyclic amines) is 1. The van der Waals surface area contributed by atoms with Gasteiger partial charge in [-0.25, -0.2) is 0 Å². The number of unbranched alkanes of at least 4 members (excludes halogenated alkanes) is 1. The minimum Gasteiger partial charge on any atom is -0.507 e. The lowest BCUT2D eigenvalue weighted by atomic mass is 9.95. The van der Waals surface area contributed by atoms with Crippen molar-refractivity contribution in [3.8, 4) is 5.75 Å². The number of rotatable bonds is 11. The van der Waals surface area contributed by atoms with Gasteiger partial charge in [0.25, 0.3) is 17.4 Å². The van der Waals surface area contributed by atoms with Crippen molar-refractivity contribution in [3.63, 3.8) is 0 Å².